The van der Waals surface area contributed by atoms with Gasteiger partial charge in [0, 0.05) is 30.6 Å². The summed E-state index contributed by atoms with van der Waals surface area (Å²) in [6.45, 7) is 2.88. The summed E-state index contributed by atoms with van der Waals surface area (Å²) in [7, 11) is 4.09. The quantitative estimate of drug-likeness (QED) is 0.730. The number of anilines is 1. The average Bonchev–Trinajstić information content (AvgIpc) is 3.11. The molecular weight excluding hydrogens is 356 g/mol. The maximum atomic E-state index is 9.47. The van der Waals surface area contributed by atoms with Crippen molar-refractivity contribution in [3.63, 3.8) is 0 Å². The van der Waals surface area contributed by atoms with Gasteiger partial charge in [-0.1, -0.05) is 30.3 Å². The summed E-state index contributed by atoms with van der Waals surface area (Å²) in [6, 6.07) is 10.5. The number of aliphatic hydroxyl groups is 1. The minimum absolute atomic E-state index is 0.284. The van der Waals surface area contributed by atoms with Gasteiger partial charge in [-0.2, -0.15) is 0 Å². The number of hydrogen-bond donors (Lipinski definition) is 1. The second kappa shape index (κ2) is 7.92. The van der Waals surface area contributed by atoms with E-state index in [4.69, 9.17) is 9.97 Å². The normalized spacial score (nSPS) is 15.8. The van der Waals surface area contributed by atoms with Crippen molar-refractivity contribution in [3.8, 4) is 11.1 Å². The van der Waals surface area contributed by atoms with Crippen molar-refractivity contribution in [1.29, 1.82) is 0 Å². The van der Waals surface area contributed by atoms with Crippen LogP contribution in [0, 0.1) is 5.92 Å². The van der Waals surface area contributed by atoms with Gasteiger partial charge in [0.2, 0.25) is 0 Å². The Morgan fingerprint density at radius 3 is 2.56 bits per heavy atom. The molecule has 0 aliphatic carbocycles. The van der Waals surface area contributed by atoms with Crippen LogP contribution in [0.3, 0.4) is 0 Å². The zero-order valence-electron chi connectivity index (χ0n) is 15.9. The molecule has 27 heavy (non-hydrogen) atoms. The van der Waals surface area contributed by atoms with Gasteiger partial charge in [0.05, 0.1) is 11.9 Å². The largest absolute Gasteiger partial charge is 0.396 e. The zero-order chi connectivity index (χ0) is 18.8. The SMILES string of the molecule is CN(C)Cc1nc(N2CCC(CO)CC2)c2c(-c3ccccc3)csc2n1. The van der Waals surface area contributed by atoms with Crippen molar-refractivity contribution in [3.05, 3.63) is 41.5 Å². The zero-order valence-corrected chi connectivity index (χ0v) is 16.7. The van der Waals surface area contributed by atoms with Gasteiger partial charge in [-0.15, -0.1) is 11.3 Å². The summed E-state index contributed by atoms with van der Waals surface area (Å²) in [5.74, 6) is 2.33. The first-order valence-electron chi connectivity index (χ1n) is 9.49. The Morgan fingerprint density at radius 2 is 1.89 bits per heavy atom. The third-order valence-corrected chi connectivity index (χ3v) is 6.05. The molecule has 0 amide bonds. The van der Waals surface area contributed by atoms with E-state index >= 15 is 0 Å². The molecule has 5 nitrogen and oxygen atoms in total. The lowest BCUT2D eigenvalue weighted by atomic mass is 9.97. The van der Waals surface area contributed by atoms with E-state index in [1.807, 2.05) is 20.2 Å². The van der Waals surface area contributed by atoms with E-state index in [9.17, 15) is 5.11 Å². The average molecular weight is 383 g/mol. The first-order valence-corrected chi connectivity index (χ1v) is 10.4. The molecule has 0 bridgehead atoms. The van der Waals surface area contributed by atoms with Gasteiger partial charge in [-0.3, -0.25) is 0 Å². The van der Waals surface area contributed by atoms with Crippen LogP contribution < -0.4 is 4.90 Å². The third kappa shape index (κ3) is 3.83. The Balaban J connectivity index is 1.81. The Bertz CT molecular complexity index is 901. The summed E-state index contributed by atoms with van der Waals surface area (Å²) in [6.07, 6.45) is 2.02. The molecule has 0 unspecified atom stereocenters. The molecule has 0 spiro atoms. The van der Waals surface area contributed by atoms with E-state index in [2.05, 4.69) is 39.4 Å². The number of fused-ring (bicyclic) bond motifs is 1. The monoisotopic (exact) mass is 382 g/mol. The van der Waals surface area contributed by atoms with Crippen molar-refractivity contribution in [2.75, 3.05) is 38.7 Å². The summed E-state index contributed by atoms with van der Waals surface area (Å²) in [5, 5.41) is 12.8. The lowest BCUT2D eigenvalue weighted by Crippen LogP contribution is -2.35. The van der Waals surface area contributed by atoms with E-state index in [1.165, 1.54) is 11.1 Å². The van der Waals surface area contributed by atoms with Crippen LogP contribution in [0.1, 0.15) is 18.7 Å². The number of thiophene rings is 1. The van der Waals surface area contributed by atoms with Crippen LogP contribution >= 0.6 is 11.3 Å². The molecule has 0 atom stereocenters. The Hall–Kier alpha value is -2.02. The highest BCUT2D eigenvalue weighted by Gasteiger charge is 2.24. The maximum Gasteiger partial charge on any atom is 0.146 e. The molecule has 1 N–H and O–H groups in total. The van der Waals surface area contributed by atoms with Crippen LogP contribution in [0.2, 0.25) is 0 Å². The van der Waals surface area contributed by atoms with Gasteiger partial charge in [0.25, 0.3) is 0 Å². The molecule has 0 saturated carbocycles. The highest BCUT2D eigenvalue weighted by Crippen LogP contribution is 2.39. The summed E-state index contributed by atoms with van der Waals surface area (Å²) in [5.41, 5.74) is 2.42. The van der Waals surface area contributed by atoms with Gasteiger partial charge in [0.1, 0.15) is 16.5 Å². The number of hydrogen-bond acceptors (Lipinski definition) is 6. The molecule has 1 aliphatic heterocycles. The fraction of sp³-hybridized carbons (Fsp3) is 0.429. The number of nitrogens with zero attached hydrogens (tertiary/aromatic N) is 4. The van der Waals surface area contributed by atoms with E-state index in [-0.39, 0.29) is 6.61 Å². The minimum Gasteiger partial charge on any atom is -0.396 e. The van der Waals surface area contributed by atoms with Crippen molar-refractivity contribution in [2.24, 2.45) is 5.92 Å². The smallest absolute Gasteiger partial charge is 0.146 e. The predicted octanol–water partition coefficient (Wildman–Crippen LogP) is 3.63. The molecule has 3 aromatic rings. The molecule has 2 aromatic heterocycles. The van der Waals surface area contributed by atoms with Gasteiger partial charge < -0.3 is 14.9 Å². The van der Waals surface area contributed by atoms with Crippen LogP contribution in [0.15, 0.2) is 35.7 Å². The van der Waals surface area contributed by atoms with Crippen LogP contribution in [-0.2, 0) is 6.54 Å². The van der Waals surface area contributed by atoms with Crippen LogP contribution in [0.4, 0.5) is 5.82 Å². The highest BCUT2D eigenvalue weighted by molar-refractivity contribution is 7.17. The van der Waals surface area contributed by atoms with Gasteiger partial charge >= 0.3 is 0 Å². The molecular formula is C21H26N4OS. The standard InChI is InChI=1S/C21H26N4OS/c1-24(2)12-18-22-20(25-10-8-15(13-26)9-11-25)19-17(14-27-21(19)23-18)16-6-4-3-5-7-16/h3-7,14-15,26H,8-13H2,1-2H3. The number of aromatic nitrogens is 2. The second-order valence-electron chi connectivity index (χ2n) is 7.51. The van der Waals surface area contributed by atoms with Crippen molar-refractivity contribution < 1.29 is 5.11 Å². The fourth-order valence-electron chi connectivity index (χ4n) is 3.71. The van der Waals surface area contributed by atoms with E-state index in [0.717, 1.165) is 54.3 Å². The van der Waals surface area contributed by atoms with E-state index < -0.39 is 0 Å². The molecule has 1 aromatic carbocycles. The Kier molecular flexibility index (Phi) is 5.38. The molecule has 1 saturated heterocycles. The molecule has 1 aliphatic rings. The second-order valence-corrected chi connectivity index (χ2v) is 8.37. The van der Waals surface area contributed by atoms with Gasteiger partial charge in [-0.05, 0) is 38.4 Å². The molecule has 6 heteroatoms. The first kappa shape index (κ1) is 18.3. The van der Waals surface area contributed by atoms with Crippen molar-refractivity contribution in [2.45, 2.75) is 19.4 Å². The lowest BCUT2D eigenvalue weighted by molar-refractivity contribution is 0.203. The van der Waals surface area contributed by atoms with E-state index in [1.54, 1.807) is 11.3 Å². The summed E-state index contributed by atoms with van der Waals surface area (Å²) in [4.78, 5) is 15.4. The van der Waals surface area contributed by atoms with Gasteiger partial charge in [0.15, 0.2) is 0 Å². The summed E-state index contributed by atoms with van der Waals surface area (Å²) >= 11 is 1.70. The first-order chi connectivity index (χ1) is 13.2. The molecule has 0 radical (unpaired) electrons. The van der Waals surface area contributed by atoms with Crippen LogP contribution in [-0.4, -0.2) is 53.8 Å². The number of benzene rings is 1. The number of piperidine rings is 1. The van der Waals surface area contributed by atoms with Crippen LogP contribution in [0.25, 0.3) is 21.3 Å². The lowest BCUT2D eigenvalue weighted by Gasteiger charge is -2.32. The highest BCUT2D eigenvalue weighted by atomic mass is 32.1. The molecule has 1 fully saturated rings. The Labute approximate surface area is 164 Å². The van der Waals surface area contributed by atoms with Crippen molar-refractivity contribution in [1.82, 2.24) is 14.9 Å². The maximum absolute atomic E-state index is 9.47. The molecule has 3 heterocycles. The summed E-state index contributed by atoms with van der Waals surface area (Å²) < 4.78 is 0. The number of rotatable bonds is 5. The minimum atomic E-state index is 0.284. The molecule has 4 rings (SSSR count). The topological polar surface area (TPSA) is 52.5 Å². The Morgan fingerprint density at radius 1 is 1.15 bits per heavy atom. The van der Waals surface area contributed by atoms with Crippen molar-refractivity contribution >= 4 is 27.4 Å². The third-order valence-electron chi connectivity index (χ3n) is 5.18. The number of aliphatic hydroxyl groups excluding tert-OH is 1. The van der Waals surface area contributed by atoms with Gasteiger partial charge in [-0.25, -0.2) is 9.97 Å². The predicted molar refractivity (Wildman–Crippen MR) is 112 cm³/mol. The fourth-order valence-corrected chi connectivity index (χ4v) is 4.67. The van der Waals surface area contributed by atoms with E-state index in [0.29, 0.717) is 5.92 Å². The van der Waals surface area contributed by atoms with Crippen LogP contribution in [0.5, 0.6) is 0 Å². The molecule has 142 valence electrons.